The van der Waals surface area contributed by atoms with Gasteiger partial charge in [-0.2, -0.15) is 0 Å². The number of carbonyl (C=O) groups is 2. The van der Waals surface area contributed by atoms with Crippen LogP contribution in [-0.2, 0) is 14.3 Å². The number of carbonyl (C=O) groups excluding carboxylic acids is 2. The Balaban J connectivity index is 1.64. The van der Waals surface area contributed by atoms with Crippen LogP contribution in [0.4, 0.5) is 5.69 Å². The van der Waals surface area contributed by atoms with Gasteiger partial charge < -0.3 is 14.8 Å². The molecule has 0 fully saturated rings. The molecule has 25 heavy (non-hydrogen) atoms. The van der Waals surface area contributed by atoms with E-state index in [2.05, 4.69) is 5.32 Å². The van der Waals surface area contributed by atoms with E-state index in [1.54, 1.807) is 43.5 Å². The Morgan fingerprint density at radius 2 is 1.76 bits per heavy atom. The third-order valence-electron chi connectivity index (χ3n) is 3.13. The van der Waals surface area contributed by atoms with Gasteiger partial charge in [0.25, 0.3) is 5.91 Å². The second-order valence-electron chi connectivity index (χ2n) is 4.99. The van der Waals surface area contributed by atoms with E-state index in [4.69, 9.17) is 21.1 Å². The fourth-order valence-electron chi connectivity index (χ4n) is 1.87. The predicted molar refractivity (Wildman–Crippen MR) is 99.4 cm³/mol. The molecule has 2 rings (SSSR count). The number of rotatable bonds is 8. The SMILES string of the molecule is COc1ccc(NC(=O)COC(=O)CCSc2ccc(Cl)cc2)cc1. The van der Waals surface area contributed by atoms with Crippen LogP contribution in [0.1, 0.15) is 6.42 Å². The lowest BCUT2D eigenvalue weighted by Crippen LogP contribution is -2.21. The molecule has 0 radical (unpaired) electrons. The number of benzene rings is 2. The zero-order chi connectivity index (χ0) is 18.1. The number of hydrogen-bond donors (Lipinski definition) is 1. The van der Waals surface area contributed by atoms with E-state index in [1.165, 1.54) is 11.8 Å². The zero-order valence-electron chi connectivity index (χ0n) is 13.7. The van der Waals surface area contributed by atoms with Crippen molar-refractivity contribution in [2.75, 3.05) is 24.8 Å². The molecule has 5 nitrogen and oxygen atoms in total. The van der Waals surface area contributed by atoms with Crippen LogP contribution in [0.25, 0.3) is 0 Å². The molecule has 0 saturated carbocycles. The fraction of sp³-hybridized carbons (Fsp3) is 0.222. The number of methoxy groups -OCH3 is 1. The Kier molecular flexibility index (Phi) is 7.63. The van der Waals surface area contributed by atoms with Gasteiger partial charge in [0.1, 0.15) is 5.75 Å². The summed E-state index contributed by atoms with van der Waals surface area (Å²) >= 11 is 7.34. The number of nitrogens with one attached hydrogen (secondary N) is 1. The number of ether oxygens (including phenoxy) is 2. The average Bonchev–Trinajstić information content (AvgIpc) is 2.62. The van der Waals surface area contributed by atoms with Gasteiger partial charge in [0, 0.05) is 21.4 Å². The van der Waals surface area contributed by atoms with Crippen LogP contribution in [0.3, 0.4) is 0 Å². The zero-order valence-corrected chi connectivity index (χ0v) is 15.2. The van der Waals surface area contributed by atoms with E-state index in [9.17, 15) is 9.59 Å². The minimum atomic E-state index is -0.411. The molecule has 0 heterocycles. The molecule has 0 aliphatic rings. The summed E-state index contributed by atoms with van der Waals surface area (Å²) in [6.07, 6.45) is 0.225. The molecule has 132 valence electrons. The van der Waals surface area contributed by atoms with Gasteiger partial charge in [-0.3, -0.25) is 9.59 Å². The van der Waals surface area contributed by atoms with Crippen LogP contribution in [0, 0.1) is 0 Å². The van der Waals surface area contributed by atoms with Gasteiger partial charge >= 0.3 is 5.97 Å². The van der Waals surface area contributed by atoms with Crippen LogP contribution < -0.4 is 10.1 Å². The first-order chi connectivity index (χ1) is 12.1. The van der Waals surface area contributed by atoms with Crippen molar-refractivity contribution in [2.24, 2.45) is 0 Å². The van der Waals surface area contributed by atoms with Gasteiger partial charge in [-0.15, -0.1) is 11.8 Å². The van der Waals surface area contributed by atoms with Gasteiger partial charge in [0.15, 0.2) is 6.61 Å². The second-order valence-corrected chi connectivity index (χ2v) is 6.59. The second kappa shape index (κ2) is 9.96. The van der Waals surface area contributed by atoms with Crippen LogP contribution >= 0.6 is 23.4 Å². The monoisotopic (exact) mass is 379 g/mol. The predicted octanol–water partition coefficient (Wildman–Crippen LogP) is 4.01. The summed E-state index contributed by atoms with van der Waals surface area (Å²) in [5, 5.41) is 3.32. The molecule has 0 saturated heterocycles. The van der Waals surface area contributed by atoms with Crippen LogP contribution in [-0.4, -0.2) is 31.3 Å². The topological polar surface area (TPSA) is 64.6 Å². The third kappa shape index (κ3) is 7.07. The molecule has 0 aliphatic heterocycles. The molecule has 2 aromatic carbocycles. The summed E-state index contributed by atoms with van der Waals surface area (Å²) in [4.78, 5) is 24.5. The summed E-state index contributed by atoms with van der Waals surface area (Å²) in [6, 6.07) is 14.3. The maximum absolute atomic E-state index is 11.8. The number of anilines is 1. The smallest absolute Gasteiger partial charge is 0.307 e. The summed E-state index contributed by atoms with van der Waals surface area (Å²) in [6.45, 7) is -0.309. The van der Waals surface area contributed by atoms with E-state index in [0.29, 0.717) is 22.2 Å². The molecule has 0 unspecified atom stereocenters. The highest BCUT2D eigenvalue weighted by molar-refractivity contribution is 7.99. The largest absolute Gasteiger partial charge is 0.497 e. The first kappa shape index (κ1) is 19.1. The minimum absolute atomic E-state index is 0.225. The molecule has 0 spiro atoms. The lowest BCUT2D eigenvalue weighted by atomic mass is 10.3. The Hall–Kier alpha value is -2.18. The third-order valence-corrected chi connectivity index (χ3v) is 4.39. The average molecular weight is 380 g/mol. The van der Waals surface area contributed by atoms with E-state index in [0.717, 1.165) is 4.90 Å². The maximum atomic E-state index is 11.8. The summed E-state index contributed by atoms with van der Waals surface area (Å²) in [7, 11) is 1.57. The number of halogens is 1. The first-order valence-corrected chi connectivity index (χ1v) is 8.91. The van der Waals surface area contributed by atoms with Crippen molar-refractivity contribution >= 4 is 40.9 Å². The molecule has 2 aromatic rings. The van der Waals surface area contributed by atoms with E-state index >= 15 is 0 Å². The molecule has 0 bridgehead atoms. The Morgan fingerprint density at radius 1 is 1.08 bits per heavy atom. The van der Waals surface area contributed by atoms with Crippen molar-refractivity contribution < 1.29 is 19.1 Å². The van der Waals surface area contributed by atoms with Gasteiger partial charge in [-0.25, -0.2) is 0 Å². The van der Waals surface area contributed by atoms with Gasteiger partial charge in [-0.05, 0) is 48.5 Å². The quantitative estimate of drug-likeness (QED) is 0.554. The van der Waals surface area contributed by atoms with E-state index < -0.39 is 5.97 Å². The summed E-state index contributed by atoms with van der Waals surface area (Å²) in [5.41, 5.74) is 0.611. The lowest BCUT2D eigenvalue weighted by Gasteiger charge is -2.07. The Labute approximate surface area is 155 Å². The van der Waals surface area contributed by atoms with Gasteiger partial charge in [0.2, 0.25) is 0 Å². The van der Waals surface area contributed by atoms with E-state index in [1.807, 2.05) is 12.1 Å². The highest BCUT2D eigenvalue weighted by atomic mass is 35.5. The summed E-state index contributed by atoms with van der Waals surface area (Å²) in [5.74, 6) is 0.471. The van der Waals surface area contributed by atoms with Crippen molar-refractivity contribution in [1.82, 2.24) is 0 Å². The Morgan fingerprint density at radius 3 is 2.40 bits per heavy atom. The number of thioether (sulfide) groups is 1. The standard InChI is InChI=1S/C18H18ClNO4S/c1-23-15-6-4-14(5-7-15)20-17(21)12-24-18(22)10-11-25-16-8-2-13(19)3-9-16/h2-9H,10-12H2,1H3,(H,20,21). The number of esters is 1. The molecular formula is C18H18ClNO4S. The van der Waals surface area contributed by atoms with Crippen molar-refractivity contribution in [3.63, 3.8) is 0 Å². The molecule has 1 N–H and O–H groups in total. The van der Waals surface area contributed by atoms with Gasteiger partial charge in [0.05, 0.1) is 13.5 Å². The minimum Gasteiger partial charge on any atom is -0.497 e. The fourth-order valence-corrected chi connectivity index (χ4v) is 2.83. The normalized spacial score (nSPS) is 10.2. The Bertz CT molecular complexity index is 704. The first-order valence-electron chi connectivity index (χ1n) is 7.55. The van der Waals surface area contributed by atoms with Crippen molar-refractivity contribution in [1.29, 1.82) is 0 Å². The molecule has 1 amide bonds. The van der Waals surface area contributed by atoms with Crippen molar-refractivity contribution in [3.8, 4) is 5.75 Å². The van der Waals surface area contributed by atoms with Crippen LogP contribution in [0.5, 0.6) is 5.75 Å². The number of hydrogen-bond acceptors (Lipinski definition) is 5. The molecular weight excluding hydrogens is 362 g/mol. The van der Waals surface area contributed by atoms with E-state index in [-0.39, 0.29) is 18.9 Å². The summed E-state index contributed by atoms with van der Waals surface area (Å²) < 4.78 is 10.0. The number of amides is 1. The van der Waals surface area contributed by atoms with Crippen LogP contribution in [0.15, 0.2) is 53.4 Å². The molecule has 7 heteroatoms. The molecule has 0 aromatic heterocycles. The lowest BCUT2D eigenvalue weighted by molar-refractivity contribution is -0.146. The maximum Gasteiger partial charge on any atom is 0.307 e. The van der Waals surface area contributed by atoms with Crippen molar-refractivity contribution in [3.05, 3.63) is 53.6 Å². The van der Waals surface area contributed by atoms with Crippen molar-refractivity contribution in [2.45, 2.75) is 11.3 Å². The van der Waals surface area contributed by atoms with Gasteiger partial charge in [-0.1, -0.05) is 11.6 Å². The highest BCUT2D eigenvalue weighted by Crippen LogP contribution is 2.21. The highest BCUT2D eigenvalue weighted by Gasteiger charge is 2.08. The van der Waals surface area contributed by atoms with Crippen LogP contribution in [0.2, 0.25) is 5.02 Å². The molecule has 0 atom stereocenters. The molecule has 0 aliphatic carbocycles.